The second-order valence-electron chi connectivity index (χ2n) is 6.46. The Kier molecular flexibility index (Phi) is 3.87. The molecule has 0 fully saturated rings. The van der Waals surface area contributed by atoms with Gasteiger partial charge in [-0.3, -0.25) is 9.59 Å². The van der Waals surface area contributed by atoms with Gasteiger partial charge in [-0.1, -0.05) is 35.9 Å². The Hall–Kier alpha value is -3.03. The molecule has 0 aliphatic carbocycles. The van der Waals surface area contributed by atoms with Crippen LogP contribution in [0.2, 0.25) is 0 Å². The van der Waals surface area contributed by atoms with Gasteiger partial charge in [0.05, 0.1) is 16.0 Å². The van der Waals surface area contributed by atoms with Crippen molar-refractivity contribution >= 4 is 32.7 Å². The molecule has 6 nitrogen and oxygen atoms in total. The fourth-order valence-electron chi connectivity index (χ4n) is 3.15. The summed E-state index contributed by atoms with van der Waals surface area (Å²) in [5.41, 5.74) is 2.15. The molecular weight excluding hydrogens is 366 g/mol. The van der Waals surface area contributed by atoms with Gasteiger partial charge in [0, 0.05) is 5.39 Å². The average Bonchev–Trinajstić information content (AvgIpc) is 2.63. The van der Waals surface area contributed by atoms with E-state index in [9.17, 15) is 18.0 Å². The van der Waals surface area contributed by atoms with Gasteiger partial charge in [-0.25, -0.2) is 0 Å². The van der Waals surface area contributed by atoms with Crippen molar-refractivity contribution < 1.29 is 22.3 Å². The minimum atomic E-state index is -4.34. The van der Waals surface area contributed by atoms with Gasteiger partial charge in [-0.15, -0.1) is 9.35 Å². The summed E-state index contributed by atoms with van der Waals surface area (Å²) in [6.45, 7) is 3.63. The molecule has 0 spiro atoms. The van der Waals surface area contributed by atoms with Gasteiger partial charge in [0.25, 0.3) is 11.8 Å². The monoisotopic (exact) mass is 381 g/mol. The van der Waals surface area contributed by atoms with E-state index in [4.69, 9.17) is 4.28 Å². The van der Waals surface area contributed by atoms with Crippen molar-refractivity contribution in [2.45, 2.75) is 18.7 Å². The van der Waals surface area contributed by atoms with Crippen LogP contribution >= 0.6 is 0 Å². The highest BCUT2D eigenvalue weighted by Gasteiger charge is 2.37. The number of hydrogen-bond acceptors (Lipinski definition) is 5. The van der Waals surface area contributed by atoms with Crippen LogP contribution in [0.4, 0.5) is 0 Å². The van der Waals surface area contributed by atoms with Crippen LogP contribution < -0.4 is 0 Å². The standard InChI is InChI=1S/C20H15NO5S/c1-12-6-8-15(9-7-12)27(24,25)26-21-19(22)16-5-3-4-14-10-13(2)11-17(18(14)16)20(21)23/h3-11H,1-2H3. The highest BCUT2D eigenvalue weighted by molar-refractivity contribution is 7.86. The summed E-state index contributed by atoms with van der Waals surface area (Å²) < 4.78 is 30.1. The van der Waals surface area contributed by atoms with Crippen molar-refractivity contribution in [2.24, 2.45) is 0 Å². The van der Waals surface area contributed by atoms with E-state index in [0.29, 0.717) is 10.4 Å². The molecule has 0 saturated carbocycles. The van der Waals surface area contributed by atoms with Crippen LogP contribution in [0.5, 0.6) is 0 Å². The fourth-order valence-corrected chi connectivity index (χ4v) is 4.04. The SMILES string of the molecule is Cc1ccc(S(=O)(=O)ON2C(=O)c3cccc4cc(C)cc(c34)C2=O)cc1. The number of rotatable bonds is 3. The van der Waals surface area contributed by atoms with Gasteiger partial charge in [-0.2, -0.15) is 8.42 Å². The lowest BCUT2D eigenvalue weighted by Gasteiger charge is -2.25. The molecule has 0 unspecified atom stereocenters. The quantitative estimate of drug-likeness (QED) is 0.650. The second-order valence-corrected chi connectivity index (χ2v) is 7.99. The summed E-state index contributed by atoms with van der Waals surface area (Å²) in [7, 11) is -4.34. The van der Waals surface area contributed by atoms with E-state index >= 15 is 0 Å². The first kappa shape index (κ1) is 17.4. The van der Waals surface area contributed by atoms with Gasteiger partial charge in [0.2, 0.25) is 0 Å². The number of imide groups is 1. The maximum absolute atomic E-state index is 12.8. The minimum absolute atomic E-state index is 0.137. The number of nitrogens with zero attached hydrogens (tertiary/aromatic N) is 1. The third-order valence-electron chi connectivity index (χ3n) is 4.43. The molecule has 4 rings (SSSR count). The molecule has 1 aliphatic heterocycles. The number of aryl methyl sites for hydroxylation is 2. The molecule has 0 radical (unpaired) electrons. The van der Waals surface area contributed by atoms with Crippen molar-refractivity contribution in [3.63, 3.8) is 0 Å². The number of carbonyl (C=O) groups excluding carboxylic acids is 2. The largest absolute Gasteiger partial charge is 0.318 e. The van der Waals surface area contributed by atoms with Crippen LogP contribution in [-0.4, -0.2) is 25.3 Å². The van der Waals surface area contributed by atoms with E-state index < -0.39 is 21.9 Å². The van der Waals surface area contributed by atoms with Crippen molar-refractivity contribution in [3.05, 3.63) is 76.9 Å². The van der Waals surface area contributed by atoms with Crippen LogP contribution in [0.15, 0.2) is 59.5 Å². The maximum Gasteiger partial charge on any atom is 0.318 e. The van der Waals surface area contributed by atoms with Crippen molar-refractivity contribution in [1.29, 1.82) is 0 Å². The lowest BCUT2D eigenvalue weighted by Crippen LogP contribution is -2.41. The summed E-state index contributed by atoms with van der Waals surface area (Å²) in [6.07, 6.45) is 0. The van der Waals surface area contributed by atoms with E-state index in [1.165, 1.54) is 12.1 Å². The molecule has 0 saturated heterocycles. The molecule has 136 valence electrons. The number of hydroxylamine groups is 2. The smallest absolute Gasteiger partial charge is 0.266 e. The van der Waals surface area contributed by atoms with Crippen LogP contribution in [0, 0.1) is 13.8 Å². The molecule has 0 bridgehead atoms. The number of carbonyl (C=O) groups is 2. The molecule has 7 heteroatoms. The third-order valence-corrected chi connectivity index (χ3v) is 5.63. The molecule has 3 aromatic carbocycles. The first-order valence-electron chi connectivity index (χ1n) is 8.21. The van der Waals surface area contributed by atoms with Gasteiger partial charge in [-0.05, 0) is 49.1 Å². The topological polar surface area (TPSA) is 80.8 Å². The minimum Gasteiger partial charge on any atom is -0.266 e. The Morgan fingerprint density at radius 2 is 1.48 bits per heavy atom. The Labute approximate surface area is 156 Å². The fraction of sp³-hybridized carbons (Fsp3) is 0.100. The molecule has 27 heavy (non-hydrogen) atoms. The average molecular weight is 381 g/mol. The Balaban J connectivity index is 1.81. The van der Waals surface area contributed by atoms with E-state index in [0.717, 1.165) is 16.5 Å². The zero-order valence-electron chi connectivity index (χ0n) is 14.6. The predicted octanol–water partition coefficient (Wildman–Crippen LogP) is 3.37. The van der Waals surface area contributed by atoms with E-state index in [1.54, 1.807) is 36.4 Å². The van der Waals surface area contributed by atoms with Gasteiger partial charge >= 0.3 is 10.1 Å². The van der Waals surface area contributed by atoms with E-state index in [-0.39, 0.29) is 16.0 Å². The first-order chi connectivity index (χ1) is 12.8. The molecule has 1 heterocycles. The van der Waals surface area contributed by atoms with Crippen LogP contribution in [0.1, 0.15) is 31.8 Å². The lowest BCUT2D eigenvalue weighted by atomic mass is 9.93. The number of amides is 2. The normalized spacial score (nSPS) is 14.1. The summed E-state index contributed by atoms with van der Waals surface area (Å²) in [4.78, 5) is 25.5. The van der Waals surface area contributed by atoms with Gasteiger partial charge < -0.3 is 0 Å². The molecule has 0 N–H and O–H groups in total. The molecule has 1 aliphatic rings. The highest BCUT2D eigenvalue weighted by Crippen LogP contribution is 2.32. The Bertz CT molecular complexity index is 1210. The molecule has 2 amide bonds. The first-order valence-corrected chi connectivity index (χ1v) is 9.62. The summed E-state index contributed by atoms with van der Waals surface area (Å²) in [6, 6.07) is 14.5. The molecular formula is C20H15NO5S. The van der Waals surface area contributed by atoms with Crippen molar-refractivity contribution in [2.75, 3.05) is 0 Å². The Morgan fingerprint density at radius 1 is 0.815 bits per heavy atom. The highest BCUT2D eigenvalue weighted by atomic mass is 32.2. The van der Waals surface area contributed by atoms with E-state index in [1.807, 2.05) is 19.9 Å². The second kappa shape index (κ2) is 6.00. The van der Waals surface area contributed by atoms with E-state index in [2.05, 4.69) is 0 Å². The maximum atomic E-state index is 12.8. The number of benzene rings is 3. The van der Waals surface area contributed by atoms with Crippen molar-refractivity contribution in [3.8, 4) is 0 Å². The Morgan fingerprint density at radius 3 is 2.19 bits per heavy atom. The third kappa shape index (κ3) is 2.81. The van der Waals surface area contributed by atoms with Crippen LogP contribution in [0.25, 0.3) is 10.8 Å². The van der Waals surface area contributed by atoms with Crippen LogP contribution in [0.3, 0.4) is 0 Å². The zero-order valence-corrected chi connectivity index (χ0v) is 15.4. The van der Waals surface area contributed by atoms with Crippen molar-refractivity contribution in [1.82, 2.24) is 5.06 Å². The summed E-state index contributed by atoms with van der Waals surface area (Å²) >= 11 is 0. The molecule has 0 aromatic heterocycles. The summed E-state index contributed by atoms with van der Waals surface area (Å²) in [5, 5.41) is 1.57. The summed E-state index contributed by atoms with van der Waals surface area (Å²) in [5.74, 6) is -1.61. The zero-order chi connectivity index (χ0) is 19.3. The number of hydrogen-bond donors (Lipinski definition) is 0. The van der Waals surface area contributed by atoms with Gasteiger partial charge in [0.1, 0.15) is 0 Å². The van der Waals surface area contributed by atoms with Gasteiger partial charge in [0.15, 0.2) is 0 Å². The predicted molar refractivity (Wildman–Crippen MR) is 98.6 cm³/mol. The van der Waals surface area contributed by atoms with Crippen LogP contribution in [-0.2, 0) is 14.4 Å². The molecule has 3 aromatic rings. The molecule has 0 atom stereocenters. The lowest BCUT2D eigenvalue weighted by molar-refractivity contribution is -0.0155.